The van der Waals surface area contributed by atoms with Crippen molar-refractivity contribution in [3.05, 3.63) is 34.9 Å². The zero-order valence-corrected chi connectivity index (χ0v) is 11.5. The summed E-state index contributed by atoms with van der Waals surface area (Å²) < 4.78 is 0. The Labute approximate surface area is 109 Å². The second-order valence-electron chi connectivity index (χ2n) is 4.03. The topological polar surface area (TPSA) is 41.1 Å². The third kappa shape index (κ3) is 5.20. The molecule has 2 N–H and O–H groups in total. The molecule has 0 unspecified atom stereocenters. The molecule has 1 aromatic rings. The second kappa shape index (κ2) is 8.09. The Hall–Kier alpha value is -1.06. The summed E-state index contributed by atoms with van der Waals surface area (Å²) in [4.78, 5) is 11.8. The highest BCUT2D eigenvalue weighted by molar-refractivity contribution is 5.95. The molecule has 0 aromatic heterocycles. The Morgan fingerprint density at radius 3 is 2.59 bits per heavy atom. The van der Waals surface area contributed by atoms with Crippen molar-refractivity contribution in [1.29, 1.82) is 0 Å². The fourth-order valence-electron chi connectivity index (χ4n) is 1.54. The summed E-state index contributed by atoms with van der Waals surface area (Å²) in [5, 5.41) is 5.97. The van der Waals surface area contributed by atoms with Crippen molar-refractivity contribution in [3.63, 3.8) is 0 Å². The fourth-order valence-corrected chi connectivity index (χ4v) is 1.54. The quantitative estimate of drug-likeness (QED) is 0.792. The molecule has 0 saturated heterocycles. The molecule has 0 aliphatic rings. The van der Waals surface area contributed by atoms with Crippen LogP contribution < -0.4 is 10.6 Å². The number of carbonyl (C=O) groups excluding carboxylic acids is 1. The predicted octanol–water partition coefficient (Wildman–Crippen LogP) is 2.06. The first-order valence-electron chi connectivity index (χ1n) is 5.65. The van der Waals surface area contributed by atoms with Crippen molar-refractivity contribution in [2.24, 2.45) is 0 Å². The van der Waals surface area contributed by atoms with Gasteiger partial charge in [0.1, 0.15) is 0 Å². The van der Waals surface area contributed by atoms with Gasteiger partial charge < -0.3 is 10.6 Å². The molecule has 17 heavy (non-hydrogen) atoms. The molecule has 0 bridgehead atoms. The minimum atomic E-state index is 0. The first-order chi connectivity index (χ1) is 7.65. The summed E-state index contributed by atoms with van der Waals surface area (Å²) in [6.07, 6.45) is 0.951. The molecule has 1 aromatic carbocycles. The van der Waals surface area contributed by atoms with Gasteiger partial charge in [-0.25, -0.2) is 0 Å². The standard InChI is InChI=1S/C13H20N2O.ClH/c1-10-5-6-11(2)12(9-10)13(16)15-8-4-7-14-3;/h5-6,9,14H,4,7-8H2,1-3H3,(H,15,16);1H. The Morgan fingerprint density at radius 2 is 1.94 bits per heavy atom. The predicted molar refractivity (Wildman–Crippen MR) is 74.0 cm³/mol. The van der Waals surface area contributed by atoms with Crippen LogP contribution >= 0.6 is 12.4 Å². The van der Waals surface area contributed by atoms with E-state index < -0.39 is 0 Å². The molecular weight excluding hydrogens is 236 g/mol. The van der Waals surface area contributed by atoms with Crippen molar-refractivity contribution in [2.45, 2.75) is 20.3 Å². The molecule has 96 valence electrons. The number of benzene rings is 1. The second-order valence-corrected chi connectivity index (χ2v) is 4.03. The maximum absolute atomic E-state index is 11.8. The number of amides is 1. The highest BCUT2D eigenvalue weighted by atomic mass is 35.5. The molecule has 0 atom stereocenters. The van der Waals surface area contributed by atoms with Crippen molar-refractivity contribution in [2.75, 3.05) is 20.1 Å². The summed E-state index contributed by atoms with van der Waals surface area (Å²) in [6, 6.07) is 5.94. The normalized spacial score (nSPS) is 9.59. The van der Waals surface area contributed by atoms with Crippen LogP contribution in [0.5, 0.6) is 0 Å². The minimum Gasteiger partial charge on any atom is -0.352 e. The van der Waals surface area contributed by atoms with E-state index in [0.29, 0.717) is 6.54 Å². The number of halogens is 1. The van der Waals surface area contributed by atoms with Gasteiger partial charge in [0.05, 0.1) is 0 Å². The van der Waals surface area contributed by atoms with E-state index >= 15 is 0 Å². The van der Waals surface area contributed by atoms with Crippen molar-refractivity contribution >= 4 is 18.3 Å². The Morgan fingerprint density at radius 1 is 1.24 bits per heavy atom. The molecular formula is C13H21ClN2O. The van der Waals surface area contributed by atoms with Crippen LogP contribution in [-0.4, -0.2) is 26.0 Å². The van der Waals surface area contributed by atoms with Gasteiger partial charge in [0.25, 0.3) is 5.91 Å². The van der Waals surface area contributed by atoms with E-state index in [4.69, 9.17) is 0 Å². The van der Waals surface area contributed by atoms with Crippen LogP contribution in [0.15, 0.2) is 18.2 Å². The van der Waals surface area contributed by atoms with E-state index in [1.807, 2.05) is 39.1 Å². The minimum absolute atomic E-state index is 0. The number of hydrogen-bond donors (Lipinski definition) is 2. The van der Waals surface area contributed by atoms with Crippen LogP contribution in [0.2, 0.25) is 0 Å². The highest BCUT2D eigenvalue weighted by Gasteiger charge is 2.07. The van der Waals surface area contributed by atoms with Gasteiger partial charge in [0.15, 0.2) is 0 Å². The van der Waals surface area contributed by atoms with Crippen LogP contribution in [0, 0.1) is 13.8 Å². The fraction of sp³-hybridized carbons (Fsp3) is 0.462. The average molecular weight is 257 g/mol. The zero-order valence-electron chi connectivity index (χ0n) is 10.7. The molecule has 4 heteroatoms. The number of rotatable bonds is 5. The lowest BCUT2D eigenvalue weighted by Crippen LogP contribution is -2.27. The average Bonchev–Trinajstić information content (AvgIpc) is 2.27. The number of aryl methyl sites for hydroxylation is 2. The van der Waals surface area contributed by atoms with Gasteiger partial charge in [-0.1, -0.05) is 17.7 Å². The molecule has 0 heterocycles. The van der Waals surface area contributed by atoms with Crippen LogP contribution in [-0.2, 0) is 0 Å². The first-order valence-corrected chi connectivity index (χ1v) is 5.65. The smallest absolute Gasteiger partial charge is 0.251 e. The maximum Gasteiger partial charge on any atom is 0.251 e. The van der Waals surface area contributed by atoms with E-state index in [2.05, 4.69) is 10.6 Å². The number of carbonyl (C=O) groups is 1. The van der Waals surface area contributed by atoms with Crippen molar-refractivity contribution in [3.8, 4) is 0 Å². The van der Waals surface area contributed by atoms with Crippen molar-refractivity contribution < 1.29 is 4.79 Å². The maximum atomic E-state index is 11.8. The molecule has 0 fully saturated rings. The van der Waals surface area contributed by atoms with Gasteiger partial charge in [0.2, 0.25) is 0 Å². The summed E-state index contributed by atoms with van der Waals surface area (Å²) in [5.41, 5.74) is 2.92. The Bertz CT molecular complexity index is 366. The Kier molecular flexibility index (Phi) is 7.59. The third-order valence-corrected chi connectivity index (χ3v) is 2.53. The van der Waals surface area contributed by atoms with E-state index in [9.17, 15) is 4.79 Å². The summed E-state index contributed by atoms with van der Waals surface area (Å²) in [6.45, 7) is 5.60. The van der Waals surface area contributed by atoms with Crippen LogP contribution in [0.3, 0.4) is 0 Å². The number of nitrogens with one attached hydrogen (secondary N) is 2. The lowest BCUT2D eigenvalue weighted by atomic mass is 10.1. The van der Waals surface area contributed by atoms with Gasteiger partial charge in [0, 0.05) is 12.1 Å². The van der Waals surface area contributed by atoms with Gasteiger partial charge >= 0.3 is 0 Å². The monoisotopic (exact) mass is 256 g/mol. The number of hydrogen-bond acceptors (Lipinski definition) is 2. The van der Waals surface area contributed by atoms with E-state index in [1.54, 1.807) is 0 Å². The molecule has 0 aliphatic carbocycles. The lowest BCUT2D eigenvalue weighted by molar-refractivity contribution is 0.0952. The van der Waals surface area contributed by atoms with Gasteiger partial charge in [-0.15, -0.1) is 12.4 Å². The molecule has 0 aliphatic heterocycles. The van der Waals surface area contributed by atoms with E-state index in [0.717, 1.165) is 29.7 Å². The SMILES string of the molecule is CNCCCNC(=O)c1cc(C)ccc1C.Cl. The van der Waals surface area contributed by atoms with Gasteiger partial charge in [-0.3, -0.25) is 4.79 Å². The van der Waals surface area contributed by atoms with Gasteiger partial charge in [-0.2, -0.15) is 0 Å². The first kappa shape index (κ1) is 15.9. The summed E-state index contributed by atoms with van der Waals surface area (Å²) in [7, 11) is 1.91. The van der Waals surface area contributed by atoms with Crippen LogP contribution in [0.25, 0.3) is 0 Å². The zero-order chi connectivity index (χ0) is 12.0. The van der Waals surface area contributed by atoms with E-state index in [-0.39, 0.29) is 18.3 Å². The van der Waals surface area contributed by atoms with Gasteiger partial charge in [-0.05, 0) is 45.5 Å². The molecule has 1 amide bonds. The van der Waals surface area contributed by atoms with E-state index in [1.165, 1.54) is 0 Å². The van der Waals surface area contributed by atoms with Crippen LogP contribution in [0.1, 0.15) is 27.9 Å². The molecule has 0 saturated carbocycles. The molecule has 0 radical (unpaired) electrons. The molecule has 3 nitrogen and oxygen atoms in total. The molecule has 1 rings (SSSR count). The summed E-state index contributed by atoms with van der Waals surface area (Å²) in [5.74, 6) is 0.0253. The summed E-state index contributed by atoms with van der Waals surface area (Å²) >= 11 is 0. The highest BCUT2D eigenvalue weighted by Crippen LogP contribution is 2.10. The van der Waals surface area contributed by atoms with Crippen molar-refractivity contribution in [1.82, 2.24) is 10.6 Å². The Balaban J connectivity index is 0.00000256. The van der Waals surface area contributed by atoms with Crippen LogP contribution in [0.4, 0.5) is 0 Å². The largest absolute Gasteiger partial charge is 0.352 e. The third-order valence-electron chi connectivity index (χ3n) is 2.53. The lowest BCUT2D eigenvalue weighted by Gasteiger charge is -2.08. The molecule has 0 spiro atoms.